The van der Waals surface area contributed by atoms with E-state index in [0.717, 1.165) is 5.92 Å². The van der Waals surface area contributed by atoms with E-state index in [4.69, 9.17) is 5.73 Å². The third kappa shape index (κ3) is 3.67. The molecule has 3 heteroatoms. The van der Waals surface area contributed by atoms with Crippen molar-refractivity contribution in [2.45, 2.75) is 39.2 Å². The van der Waals surface area contributed by atoms with E-state index < -0.39 is 0 Å². The van der Waals surface area contributed by atoms with Crippen molar-refractivity contribution in [1.82, 2.24) is 9.80 Å². The van der Waals surface area contributed by atoms with Gasteiger partial charge in [-0.3, -0.25) is 0 Å². The summed E-state index contributed by atoms with van der Waals surface area (Å²) >= 11 is 0. The largest absolute Gasteiger partial charge is 0.327 e. The highest BCUT2D eigenvalue weighted by Crippen LogP contribution is 2.21. The van der Waals surface area contributed by atoms with Crippen LogP contribution in [0, 0.1) is 11.8 Å². The Morgan fingerprint density at radius 3 is 2.29 bits per heavy atom. The first-order chi connectivity index (χ1) is 8.19. The summed E-state index contributed by atoms with van der Waals surface area (Å²) in [5.74, 6) is 1.61. The second-order valence-corrected chi connectivity index (χ2v) is 6.07. The van der Waals surface area contributed by atoms with Crippen LogP contribution in [0.3, 0.4) is 0 Å². The van der Waals surface area contributed by atoms with Crippen molar-refractivity contribution >= 4 is 0 Å². The lowest BCUT2D eigenvalue weighted by Crippen LogP contribution is -2.48. The Morgan fingerprint density at radius 2 is 1.71 bits per heavy atom. The molecule has 2 saturated heterocycles. The summed E-state index contributed by atoms with van der Waals surface area (Å²) in [5.41, 5.74) is 6.08. The molecule has 0 aromatic rings. The lowest BCUT2D eigenvalue weighted by molar-refractivity contribution is 0.110. The van der Waals surface area contributed by atoms with Gasteiger partial charge in [0.15, 0.2) is 0 Å². The number of likely N-dealkylation sites (tertiary alicyclic amines) is 2. The van der Waals surface area contributed by atoms with Gasteiger partial charge in [0, 0.05) is 19.1 Å². The Morgan fingerprint density at radius 1 is 1.06 bits per heavy atom. The molecule has 3 nitrogen and oxygen atoms in total. The van der Waals surface area contributed by atoms with Crippen LogP contribution in [-0.4, -0.2) is 55.1 Å². The van der Waals surface area contributed by atoms with E-state index in [0.29, 0.717) is 12.0 Å². The Labute approximate surface area is 106 Å². The average molecular weight is 239 g/mol. The van der Waals surface area contributed by atoms with Crippen LogP contribution in [0.5, 0.6) is 0 Å². The molecule has 100 valence electrons. The fourth-order valence-corrected chi connectivity index (χ4v) is 3.27. The molecule has 0 amide bonds. The maximum Gasteiger partial charge on any atom is 0.00889 e. The highest BCUT2D eigenvalue weighted by Gasteiger charge is 2.26. The van der Waals surface area contributed by atoms with E-state index >= 15 is 0 Å². The van der Waals surface area contributed by atoms with Crippen LogP contribution in [0.4, 0.5) is 0 Å². The van der Waals surface area contributed by atoms with Crippen molar-refractivity contribution in [3.05, 3.63) is 0 Å². The molecule has 0 aromatic carbocycles. The van der Waals surface area contributed by atoms with E-state index in [1.165, 1.54) is 58.5 Å². The molecular weight excluding hydrogens is 210 g/mol. The van der Waals surface area contributed by atoms with Gasteiger partial charge in [0.2, 0.25) is 0 Å². The third-order valence-electron chi connectivity index (χ3n) is 4.73. The van der Waals surface area contributed by atoms with Gasteiger partial charge < -0.3 is 15.5 Å². The molecule has 2 heterocycles. The van der Waals surface area contributed by atoms with E-state index in [1.807, 2.05) is 0 Å². The number of piperidine rings is 2. The zero-order valence-electron chi connectivity index (χ0n) is 11.6. The minimum absolute atomic E-state index is 0.438. The van der Waals surface area contributed by atoms with Gasteiger partial charge in [0.05, 0.1) is 0 Å². The van der Waals surface area contributed by atoms with Gasteiger partial charge in [-0.15, -0.1) is 0 Å². The summed E-state index contributed by atoms with van der Waals surface area (Å²) in [5, 5.41) is 0. The van der Waals surface area contributed by atoms with Gasteiger partial charge >= 0.3 is 0 Å². The lowest BCUT2D eigenvalue weighted by Gasteiger charge is -2.39. The van der Waals surface area contributed by atoms with Gasteiger partial charge in [-0.05, 0) is 57.3 Å². The molecule has 0 saturated carbocycles. The van der Waals surface area contributed by atoms with Crippen molar-refractivity contribution in [1.29, 1.82) is 0 Å². The first-order valence-electron chi connectivity index (χ1n) is 7.39. The number of nitrogens with two attached hydrogens (primary N) is 1. The van der Waals surface area contributed by atoms with Gasteiger partial charge in [0.1, 0.15) is 0 Å². The van der Waals surface area contributed by atoms with E-state index in [-0.39, 0.29) is 0 Å². The van der Waals surface area contributed by atoms with Crippen molar-refractivity contribution in [2.75, 3.05) is 39.3 Å². The highest BCUT2D eigenvalue weighted by atomic mass is 15.2. The minimum atomic E-state index is 0.438. The molecule has 0 aliphatic carbocycles. The zero-order chi connectivity index (χ0) is 12.3. The van der Waals surface area contributed by atoms with Crippen LogP contribution in [0.25, 0.3) is 0 Å². The molecule has 0 bridgehead atoms. The van der Waals surface area contributed by atoms with Gasteiger partial charge in [0.25, 0.3) is 0 Å². The van der Waals surface area contributed by atoms with Crippen LogP contribution in [0.15, 0.2) is 0 Å². The van der Waals surface area contributed by atoms with Crippen LogP contribution in [0.2, 0.25) is 0 Å². The predicted octanol–water partition coefficient (Wildman–Crippen LogP) is 1.39. The van der Waals surface area contributed by atoms with Crippen molar-refractivity contribution in [3.63, 3.8) is 0 Å². The smallest absolute Gasteiger partial charge is 0.00889 e. The maximum atomic E-state index is 6.08. The van der Waals surface area contributed by atoms with E-state index in [9.17, 15) is 0 Å². The first kappa shape index (κ1) is 13.3. The summed E-state index contributed by atoms with van der Waals surface area (Å²) < 4.78 is 0. The first-order valence-corrected chi connectivity index (χ1v) is 7.39. The molecule has 2 atom stereocenters. The molecule has 2 aliphatic heterocycles. The molecule has 2 rings (SSSR count). The van der Waals surface area contributed by atoms with Gasteiger partial charge in [-0.1, -0.05) is 13.8 Å². The van der Waals surface area contributed by atoms with Crippen molar-refractivity contribution in [3.8, 4) is 0 Å². The summed E-state index contributed by atoms with van der Waals surface area (Å²) in [6.45, 7) is 12.2. The summed E-state index contributed by atoms with van der Waals surface area (Å²) in [6.07, 6.45) is 3.98. The average Bonchev–Trinajstić information content (AvgIpc) is 2.35. The zero-order valence-corrected chi connectivity index (χ0v) is 11.6. The summed E-state index contributed by atoms with van der Waals surface area (Å²) in [7, 11) is 0. The number of hydrogen-bond acceptors (Lipinski definition) is 3. The molecule has 2 unspecified atom stereocenters. The normalized spacial score (nSPS) is 34.1. The van der Waals surface area contributed by atoms with Crippen LogP contribution in [0.1, 0.15) is 33.1 Å². The molecule has 0 aromatic heterocycles. The Kier molecular flexibility index (Phi) is 4.83. The summed E-state index contributed by atoms with van der Waals surface area (Å²) in [4.78, 5) is 5.23. The molecule has 2 fully saturated rings. The fourth-order valence-electron chi connectivity index (χ4n) is 3.27. The van der Waals surface area contributed by atoms with Crippen molar-refractivity contribution in [2.24, 2.45) is 17.6 Å². The maximum absolute atomic E-state index is 6.08. The van der Waals surface area contributed by atoms with Crippen LogP contribution >= 0.6 is 0 Å². The second-order valence-electron chi connectivity index (χ2n) is 6.07. The number of nitrogens with zero attached hydrogens (tertiary/aromatic N) is 2. The van der Waals surface area contributed by atoms with Crippen molar-refractivity contribution < 1.29 is 0 Å². The lowest BCUT2D eigenvalue weighted by atomic mass is 9.91. The van der Waals surface area contributed by atoms with Crippen LogP contribution < -0.4 is 5.73 Å². The standard InChI is InChI=1S/C14H29N3/c1-3-16-7-4-13(5-8-16)11-17-9-6-14(15)12(2)10-17/h12-14H,3-11,15H2,1-2H3. The third-order valence-corrected chi connectivity index (χ3v) is 4.73. The number of rotatable bonds is 3. The number of hydrogen-bond donors (Lipinski definition) is 1. The van der Waals surface area contributed by atoms with Gasteiger partial charge in [-0.2, -0.15) is 0 Å². The highest BCUT2D eigenvalue weighted by molar-refractivity contribution is 4.82. The summed E-state index contributed by atoms with van der Waals surface area (Å²) in [6, 6.07) is 0.438. The van der Waals surface area contributed by atoms with Crippen LogP contribution in [-0.2, 0) is 0 Å². The fraction of sp³-hybridized carbons (Fsp3) is 1.00. The minimum Gasteiger partial charge on any atom is -0.327 e. The topological polar surface area (TPSA) is 32.5 Å². The monoisotopic (exact) mass is 239 g/mol. The van der Waals surface area contributed by atoms with E-state index in [2.05, 4.69) is 23.6 Å². The molecule has 2 aliphatic rings. The van der Waals surface area contributed by atoms with E-state index in [1.54, 1.807) is 0 Å². The molecule has 0 spiro atoms. The Balaban J connectivity index is 1.71. The second kappa shape index (κ2) is 6.17. The Bertz CT molecular complexity index is 224. The van der Waals surface area contributed by atoms with Gasteiger partial charge in [-0.25, -0.2) is 0 Å². The Hall–Kier alpha value is -0.120. The SMILES string of the molecule is CCN1CCC(CN2CCC(N)C(C)C2)CC1. The molecule has 0 radical (unpaired) electrons. The molecular formula is C14H29N3. The molecule has 2 N–H and O–H groups in total. The predicted molar refractivity (Wildman–Crippen MR) is 73.0 cm³/mol. The quantitative estimate of drug-likeness (QED) is 0.808. The molecule has 17 heavy (non-hydrogen) atoms.